The Bertz CT molecular complexity index is 759. The molecule has 3 nitrogen and oxygen atoms in total. The van der Waals surface area contributed by atoms with Gasteiger partial charge in [0.1, 0.15) is 5.82 Å². The molecule has 1 fully saturated rings. The number of halogens is 5. The molecule has 0 amide bonds. The molecule has 1 aliphatic rings. The number of aliphatic hydroxyl groups is 1. The van der Waals surface area contributed by atoms with Gasteiger partial charge in [-0.05, 0) is 36.4 Å². The van der Waals surface area contributed by atoms with Crippen molar-refractivity contribution in [2.24, 2.45) is 0 Å². The summed E-state index contributed by atoms with van der Waals surface area (Å²) in [7, 11) is 0. The van der Waals surface area contributed by atoms with Crippen LogP contribution in [-0.4, -0.2) is 37.5 Å². The van der Waals surface area contributed by atoms with E-state index in [2.05, 4.69) is 20.8 Å². The molecule has 140 valence electrons. The minimum absolute atomic E-state index is 0.510. The number of benzene rings is 2. The Morgan fingerprint density at radius 3 is 1.88 bits per heavy atom. The summed E-state index contributed by atoms with van der Waals surface area (Å²) in [6, 6.07) is 11.4. The predicted molar refractivity (Wildman–Crippen MR) is 96.0 cm³/mol. The van der Waals surface area contributed by atoms with Gasteiger partial charge in [0.2, 0.25) is 0 Å². The van der Waals surface area contributed by atoms with Crippen molar-refractivity contribution in [1.29, 1.82) is 0 Å². The predicted octanol–water partition coefficient (Wildman–Crippen LogP) is 4.51. The summed E-state index contributed by atoms with van der Waals surface area (Å²) < 4.78 is 52.8. The maximum Gasteiger partial charge on any atom is 0.418 e. The third-order valence-corrected chi connectivity index (χ3v) is 4.95. The molecule has 0 aliphatic carbocycles. The molecule has 0 spiro atoms. The zero-order valence-corrected chi connectivity index (χ0v) is 15.3. The van der Waals surface area contributed by atoms with Crippen molar-refractivity contribution < 1.29 is 22.7 Å². The van der Waals surface area contributed by atoms with Crippen LogP contribution in [0.25, 0.3) is 0 Å². The summed E-state index contributed by atoms with van der Waals surface area (Å²) in [6.45, 7) is 2.68. The molecule has 1 saturated heterocycles. The van der Waals surface area contributed by atoms with Gasteiger partial charge in [-0.3, -0.25) is 0 Å². The third kappa shape index (κ3) is 4.12. The smallest absolute Gasteiger partial charge is 0.379 e. The van der Waals surface area contributed by atoms with Gasteiger partial charge in [0.05, 0.1) is 0 Å². The molecule has 1 aliphatic heterocycles. The van der Waals surface area contributed by atoms with E-state index in [1.165, 1.54) is 6.07 Å². The first-order valence-corrected chi connectivity index (χ1v) is 8.84. The van der Waals surface area contributed by atoms with E-state index in [0.717, 1.165) is 35.4 Å². The molecule has 2 aromatic rings. The van der Waals surface area contributed by atoms with E-state index in [9.17, 15) is 22.7 Å². The standard InChI is InChI=1S/C18H17BrF4N2O/c19-12-1-3-13(4-2-12)24-7-9-25(10-8-24)14-5-6-15(16(20)11-14)17(26)18(21,22)23/h1-6,11,17,26H,7-10H2. The van der Waals surface area contributed by atoms with Gasteiger partial charge in [0, 0.05) is 47.6 Å². The molecule has 0 saturated carbocycles. The van der Waals surface area contributed by atoms with Crippen molar-refractivity contribution in [3.63, 3.8) is 0 Å². The molecule has 1 heterocycles. The summed E-state index contributed by atoms with van der Waals surface area (Å²) >= 11 is 3.39. The first kappa shape index (κ1) is 19.0. The minimum Gasteiger partial charge on any atom is -0.379 e. The van der Waals surface area contributed by atoms with Gasteiger partial charge < -0.3 is 14.9 Å². The Labute approximate surface area is 157 Å². The fourth-order valence-corrected chi connectivity index (χ4v) is 3.25. The zero-order chi connectivity index (χ0) is 18.9. The molecule has 3 rings (SSSR count). The highest BCUT2D eigenvalue weighted by molar-refractivity contribution is 9.10. The lowest BCUT2D eigenvalue weighted by atomic mass is 10.1. The fraction of sp³-hybridized carbons (Fsp3) is 0.333. The van der Waals surface area contributed by atoms with E-state index in [1.54, 1.807) is 0 Å². The van der Waals surface area contributed by atoms with Crippen molar-refractivity contribution in [2.45, 2.75) is 12.3 Å². The molecule has 0 bridgehead atoms. The molecule has 1 N–H and O–H groups in total. The van der Waals surface area contributed by atoms with Gasteiger partial charge in [-0.15, -0.1) is 0 Å². The maximum atomic E-state index is 14.1. The molecular weight excluding hydrogens is 416 g/mol. The monoisotopic (exact) mass is 432 g/mol. The van der Waals surface area contributed by atoms with E-state index in [4.69, 9.17) is 0 Å². The van der Waals surface area contributed by atoms with Gasteiger partial charge >= 0.3 is 6.18 Å². The fourth-order valence-electron chi connectivity index (χ4n) is 2.99. The molecule has 8 heteroatoms. The molecule has 1 atom stereocenters. The van der Waals surface area contributed by atoms with Crippen molar-refractivity contribution >= 4 is 27.3 Å². The van der Waals surface area contributed by atoms with Crippen LogP contribution >= 0.6 is 15.9 Å². The van der Waals surface area contributed by atoms with E-state index in [1.807, 2.05) is 29.2 Å². The van der Waals surface area contributed by atoms with E-state index >= 15 is 0 Å². The quantitative estimate of drug-likeness (QED) is 0.722. The topological polar surface area (TPSA) is 26.7 Å². The highest BCUT2D eigenvalue weighted by atomic mass is 79.9. The second kappa shape index (κ2) is 7.44. The largest absolute Gasteiger partial charge is 0.418 e. The SMILES string of the molecule is OC(c1ccc(N2CCN(c3ccc(Br)cc3)CC2)cc1F)C(F)(F)F. The Kier molecular flexibility index (Phi) is 5.43. The van der Waals surface area contributed by atoms with Crippen LogP contribution in [0.4, 0.5) is 28.9 Å². The normalized spacial score (nSPS) is 16.7. The van der Waals surface area contributed by atoms with Crippen LogP contribution in [0.15, 0.2) is 46.9 Å². The average molecular weight is 433 g/mol. The van der Waals surface area contributed by atoms with Gasteiger partial charge in [-0.2, -0.15) is 13.2 Å². The zero-order valence-electron chi connectivity index (χ0n) is 13.7. The number of hydrogen-bond donors (Lipinski definition) is 1. The molecular formula is C18H17BrF4N2O. The average Bonchev–Trinajstić information content (AvgIpc) is 2.61. The Morgan fingerprint density at radius 1 is 0.885 bits per heavy atom. The van der Waals surface area contributed by atoms with Crippen LogP contribution < -0.4 is 9.80 Å². The third-order valence-electron chi connectivity index (χ3n) is 4.43. The number of alkyl halides is 3. The van der Waals surface area contributed by atoms with Gasteiger partial charge in [-0.1, -0.05) is 22.0 Å². The van der Waals surface area contributed by atoms with E-state index < -0.39 is 23.7 Å². The van der Waals surface area contributed by atoms with Crippen molar-refractivity contribution in [3.05, 3.63) is 58.3 Å². The van der Waals surface area contributed by atoms with Gasteiger partial charge in [0.25, 0.3) is 0 Å². The Hall–Kier alpha value is -1.80. The lowest BCUT2D eigenvalue weighted by Gasteiger charge is -2.37. The molecule has 26 heavy (non-hydrogen) atoms. The van der Waals surface area contributed by atoms with Crippen molar-refractivity contribution in [1.82, 2.24) is 0 Å². The molecule has 2 aromatic carbocycles. The lowest BCUT2D eigenvalue weighted by molar-refractivity contribution is -0.207. The summed E-state index contributed by atoms with van der Waals surface area (Å²) in [5.74, 6) is -1.05. The Balaban J connectivity index is 1.68. The summed E-state index contributed by atoms with van der Waals surface area (Å²) in [6.07, 6.45) is -7.70. The molecule has 0 aromatic heterocycles. The number of rotatable bonds is 3. The van der Waals surface area contributed by atoms with Crippen LogP contribution in [0, 0.1) is 5.82 Å². The van der Waals surface area contributed by atoms with Crippen LogP contribution in [0.3, 0.4) is 0 Å². The maximum absolute atomic E-state index is 14.1. The Morgan fingerprint density at radius 2 is 1.38 bits per heavy atom. The highest BCUT2D eigenvalue weighted by Crippen LogP contribution is 2.35. The first-order chi connectivity index (χ1) is 12.3. The van der Waals surface area contributed by atoms with Gasteiger partial charge in [0.15, 0.2) is 6.10 Å². The summed E-state index contributed by atoms with van der Waals surface area (Å²) in [5, 5.41) is 9.23. The second-order valence-electron chi connectivity index (χ2n) is 6.10. The van der Waals surface area contributed by atoms with E-state index in [-0.39, 0.29) is 0 Å². The number of piperazine rings is 1. The summed E-state index contributed by atoms with van der Waals surface area (Å²) in [5.41, 5.74) is 0.841. The number of aliphatic hydroxyl groups excluding tert-OH is 1. The van der Waals surface area contributed by atoms with Crippen molar-refractivity contribution in [3.8, 4) is 0 Å². The van der Waals surface area contributed by atoms with Crippen LogP contribution in [-0.2, 0) is 0 Å². The highest BCUT2D eigenvalue weighted by Gasteiger charge is 2.40. The molecule has 1 unspecified atom stereocenters. The lowest BCUT2D eigenvalue weighted by Crippen LogP contribution is -2.46. The van der Waals surface area contributed by atoms with Crippen LogP contribution in [0.1, 0.15) is 11.7 Å². The van der Waals surface area contributed by atoms with Crippen molar-refractivity contribution in [2.75, 3.05) is 36.0 Å². The number of hydrogen-bond acceptors (Lipinski definition) is 3. The first-order valence-electron chi connectivity index (χ1n) is 8.05. The number of anilines is 2. The van der Waals surface area contributed by atoms with Crippen LogP contribution in [0.2, 0.25) is 0 Å². The van der Waals surface area contributed by atoms with Gasteiger partial charge in [-0.25, -0.2) is 4.39 Å². The summed E-state index contributed by atoms with van der Waals surface area (Å²) in [4.78, 5) is 4.11. The number of nitrogens with zero attached hydrogens (tertiary/aromatic N) is 2. The minimum atomic E-state index is -4.89. The van der Waals surface area contributed by atoms with Crippen LogP contribution in [0.5, 0.6) is 0 Å². The van der Waals surface area contributed by atoms with E-state index in [0.29, 0.717) is 18.8 Å². The second-order valence-corrected chi connectivity index (χ2v) is 7.02. The molecule has 0 radical (unpaired) electrons.